The lowest BCUT2D eigenvalue weighted by Gasteiger charge is -2.06. The Morgan fingerprint density at radius 1 is 1.10 bits per heavy atom. The van der Waals surface area contributed by atoms with Gasteiger partial charge in [-0.15, -0.1) is 0 Å². The topological polar surface area (TPSA) is 0 Å². The average Bonchev–Trinajstić information content (AvgIpc) is 1.98. The van der Waals surface area contributed by atoms with E-state index >= 15 is 0 Å². The van der Waals surface area contributed by atoms with Crippen molar-refractivity contribution in [2.24, 2.45) is 0 Å². The van der Waals surface area contributed by atoms with Crippen LogP contribution in [0, 0.1) is 0 Å². The second-order valence-electron chi connectivity index (χ2n) is 3.02. The van der Waals surface area contributed by atoms with Crippen molar-refractivity contribution >= 4 is 7.85 Å². The molecule has 0 aliphatic rings. The molecule has 0 nitrogen and oxygen atoms in total. The van der Waals surface area contributed by atoms with Crippen LogP contribution in [0.5, 0.6) is 0 Å². The van der Waals surface area contributed by atoms with Gasteiger partial charge in [0.15, 0.2) is 0 Å². The van der Waals surface area contributed by atoms with Gasteiger partial charge in [-0.2, -0.15) is 0 Å². The highest BCUT2D eigenvalue weighted by atomic mass is 14.0. The van der Waals surface area contributed by atoms with Gasteiger partial charge in [0.2, 0.25) is 0 Å². The second-order valence-corrected chi connectivity index (χ2v) is 3.02. The first-order valence-electron chi connectivity index (χ1n) is 4.56. The number of unbranched alkanes of at least 4 members (excludes halogenated alkanes) is 3. The average molecular weight is 138 g/mol. The quantitative estimate of drug-likeness (QED) is 0.390. The van der Waals surface area contributed by atoms with Gasteiger partial charge in [0, 0.05) is 0 Å². The molecule has 0 aromatic heterocycles. The molecule has 0 aromatic carbocycles. The van der Waals surface area contributed by atoms with Crippen molar-refractivity contribution in [1.29, 1.82) is 0 Å². The zero-order valence-corrected chi connectivity index (χ0v) is 7.40. The lowest BCUT2D eigenvalue weighted by molar-refractivity contribution is 0.601. The molecule has 0 rings (SSSR count). The van der Waals surface area contributed by atoms with E-state index in [4.69, 9.17) is 7.85 Å². The number of rotatable bonds is 6. The van der Waals surface area contributed by atoms with Gasteiger partial charge in [0.1, 0.15) is 0 Å². The molecule has 0 amide bonds. The fourth-order valence-electron chi connectivity index (χ4n) is 1.04. The van der Waals surface area contributed by atoms with Crippen LogP contribution in [0.2, 0.25) is 5.82 Å². The molecule has 0 N–H and O–H groups in total. The zero-order valence-electron chi connectivity index (χ0n) is 7.40. The SMILES string of the molecule is [B]C(CC)CCCCCC. The summed E-state index contributed by atoms with van der Waals surface area (Å²) in [4.78, 5) is 0. The lowest BCUT2D eigenvalue weighted by atomic mass is 9.81. The van der Waals surface area contributed by atoms with E-state index in [-0.39, 0.29) is 0 Å². The van der Waals surface area contributed by atoms with Gasteiger partial charge in [-0.25, -0.2) is 0 Å². The largest absolute Gasteiger partial charge is 0.0776 e. The van der Waals surface area contributed by atoms with E-state index in [1.54, 1.807) is 0 Å². The molecule has 0 aromatic rings. The summed E-state index contributed by atoms with van der Waals surface area (Å²) in [5, 5.41) is 0. The molecule has 0 fully saturated rings. The maximum Gasteiger partial charge on any atom is 0.0699 e. The highest BCUT2D eigenvalue weighted by Crippen LogP contribution is 2.15. The summed E-state index contributed by atoms with van der Waals surface area (Å²) in [5.41, 5.74) is 0. The number of hydrogen-bond acceptors (Lipinski definition) is 0. The summed E-state index contributed by atoms with van der Waals surface area (Å²) < 4.78 is 0. The van der Waals surface area contributed by atoms with Crippen LogP contribution >= 0.6 is 0 Å². The van der Waals surface area contributed by atoms with Crippen LogP contribution < -0.4 is 0 Å². The van der Waals surface area contributed by atoms with Crippen LogP contribution in [0.1, 0.15) is 52.4 Å². The summed E-state index contributed by atoms with van der Waals surface area (Å²) >= 11 is 0. The second kappa shape index (κ2) is 7.18. The number of hydrogen-bond donors (Lipinski definition) is 0. The molecule has 1 atom stereocenters. The summed E-state index contributed by atoms with van der Waals surface area (Å²) in [7, 11) is 5.76. The van der Waals surface area contributed by atoms with Gasteiger partial charge < -0.3 is 0 Å². The van der Waals surface area contributed by atoms with E-state index in [0.29, 0.717) is 5.82 Å². The van der Waals surface area contributed by atoms with Crippen molar-refractivity contribution in [2.75, 3.05) is 0 Å². The molecular weight excluding hydrogens is 119 g/mol. The maximum atomic E-state index is 5.76. The van der Waals surface area contributed by atoms with Crippen molar-refractivity contribution in [2.45, 2.75) is 58.2 Å². The highest BCUT2D eigenvalue weighted by molar-refractivity contribution is 6.11. The van der Waals surface area contributed by atoms with Crippen LogP contribution in [0.15, 0.2) is 0 Å². The fourth-order valence-corrected chi connectivity index (χ4v) is 1.04. The Morgan fingerprint density at radius 3 is 2.30 bits per heavy atom. The molecule has 10 heavy (non-hydrogen) atoms. The van der Waals surface area contributed by atoms with Crippen molar-refractivity contribution in [3.63, 3.8) is 0 Å². The van der Waals surface area contributed by atoms with E-state index in [9.17, 15) is 0 Å². The molecule has 1 unspecified atom stereocenters. The van der Waals surface area contributed by atoms with Crippen LogP contribution in [-0.2, 0) is 0 Å². The third-order valence-electron chi connectivity index (χ3n) is 1.95. The predicted molar refractivity (Wildman–Crippen MR) is 48.6 cm³/mol. The maximum absolute atomic E-state index is 5.76. The lowest BCUT2D eigenvalue weighted by Crippen LogP contribution is -1.89. The molecule has 0 spiro atoms. The van der Waals surface area contributed by atoms with Gasteiger partial charge in [0.25, 0.3) is 0 Å². The Morgan fingerprint density at radius 2 is 1.80 bits per heavy atom. The molecule has 58 valence electrons. The summed E-state index contributed by atoms with van der Waals surface area (Å²) in [6, 6.07) is 0. The van der Waals surface area contributed by atoms with E-state index in [0.717, 1.165) is 6.42 Å². The van der Waals surface area contributed by atoms with E-state index in [2.05, 4.69) is 13.8 Å². The Balaban J connectivity index is 2.89. The van der Waals surface area contributed by atoms with Crippen molar-refractivity contribution in [3.8, 4) is 0 Å². The molecule has 0 heterocycles. The molecular formula is C9H19B. The molecule has 0 aliphatic carbocycles. The van der Waals surface area contributed by atoms with Gasteiger partial charge in [-0.05, 0) is 0 Å². The molecule has 0 saturated heterocycles. The molecule has 2 radical (unpaired) electrons. The molecule has 0 bridgehead atoms. The van der Waals surface area contributed by atoms with Crippen LogP contribution in [-0.4, -0.2) is 7.85 Å². The van der Waals surface area contributed by atoms with Gasteiger partial charge >= 0.3 is 0 Å². The van der Waals surface area contributed by atoms with E-state index < -0.39 is 0 Å². The minimum atomic E-state index is 0.455. The van der Waals surface area contributed by atoms with E-state index in [1.807, 2.05) is 0 Å². The first-order valence-corrected chi connectivity index (χ1v) is 4.56. The Hall–Kier alpha value is 0.0649. The van der Waals surface area contributed by atoms with Gasteiger partial charge in [0.05, 0.1) is 7.85 Å². The van der Waals surface area contributed by atoms with Crippen LogP contribution in [0.4, 0.5) is 0 Å². The zero-order chi connectivity index (χ0) is 7.82. The Labute approximate surface area is 66.8 Å². The van der Waals surface area contributed by atoms with E-state index in [1.165, 1.54) is 32.1 Å². The molecule has 0 saturated carbocycles. The van der Waals surface area contributed by atoms with Gasteiger partial charge in [-0.1, -0.05) is 58.2 Å². The predicted octanol–water partition coefficient (Wildman–Crippen LogP) is 3.32. The van der Waals surface area contributed by atoms with Crippen LogP contribution in [0.25, 0.3) is 0 Å². The monoisotopic (exact) mass is 138 g/mol. The van der Waals surface area contributed by atoms with Gasteiger partial charge in [-0.3, -0.25) is 0 Å². The first kappa shape index (κ1) is 10.1. The summed E-state index contributed by atoms with van der Waals surface area (Å²) in [6.45, 7) is 4.39. The Kier molecular flexibility index (Phi) is 7.22. The fraction of sp³-hybridized carbons (Fsp3) is 1.00. The van der Waals surface area contributed by atoms with Crippen molar-refractivity contribution in [1.82, 2.24) is 0 Å². The summed E-state index contributed by atoms with van der Waals surface area (Å²) in [6.07, 6.45) is 7.73. The van der Waals surface area contributed by atoms with Crippen molar-refractivity contribution in [3.05, 3.63) is 0 Å². The standard InChI is InChI=1S/C9H19B/c1-3-5-6-7-8-9(10)4-2/h9H,3-8H2,1-2H3. The third kappa shape index (κ3) is 6.19. The van der Waals surface area contributed by atoms with Crippen molar-refractivity contribution < 1.29 is 0 Å². The van der Waals surface area contributed by atoms with Crippen LogP contribution in [0.3, 0.4) is 0 Å². The Bertz CT molecular complexity index is 61.7. The minimum absolute atomic E-state index is 0.455. The smallest absolute Gasteiger partial charge is 0.0699 e. The molecule has 1 heteroatoms. The minimum Gasteiger partial charge on any atom is -0.0776 e. The first-order chi connectivity index (χ1) is 4.81. The summed E-state index contributed by atoms with van der Waals surface area (Å²) in [5.74, 6) is 0.455. The third-order valence-corrected chi connectivity index (χ3v) is 1.95. The molecule has 0 aliphatic heterocycles. The highest BCUT2D eigenvalue weighted by Gasteiger charge is 1.96. The normalized spacial score (nSPS) is 13.4.